The molecule has 6 heteroatoms. The Balaban J connectivity index is 2.05. The summed E-state index contributed by atoms with van der Waals surface area (Å²) in [4.78, 5) is 11.4. The fraction of sp³-hybridized carbons (Fsp3) is 0.900. The van der Waals surface area contributed by atoms with Gasteiger partial charge in [-0.1, -0.05) is 0 Å². The Bertz CT molecular complexity index is 455. The van der Waals surface area contributed by atoms with Crippen molar-refractivity contribution >= 4 is 16.2 Å². The number of carbonyl (C=O) groups is 1. The van der Waals surface area contributed by atoms with Gasteiger partial charge in [0.2, 0.25) is 0 Å². The Morgan fingerprint density at radius 1 is 1.25 bits per heavy atom. The smallest absolute Gasteiger partial charge is 0.310 e. The highest BCUT2D eigenvalue weighted by molar-refractivity contribution is 7.86. The summed E-state index contributed by atoms with van der Waals surface area (Å²) in [5.41, 5.74) is -1.77. The average molecular weight is 248 g/mol. The lowest BCUT2D eigenvalue weighted by molar-refractivity contribution is -0.153. The standard InChI is InChI=1S/C10H13FO4S/c11-16(14,15)5-9-1-6-3-10(9,8(12)13)4-7(6)2-9/h6-7H,1-5H2,(H,12,13). The summed E-state index contributed by atoms with van der Waals surface area (Å²) in [6.07, 6.45) is 2.24. The first-order chi connectivity index (χ1) is 7.28. The molecule has 16 heavy (non-hydrogen) atoms. The van der Waals surface area contributed by atoms with Gasteiger partial charge in [-0.15, -0.1) is 3.89 Å². The first-order valence-corrected chi connectivity index (χ1v) is 6.99. The summed E-state index contributed by atoms with van der Waals surface area (Å²) in [6, 6.07) is 0. The van der Waals surface area contributed by atoms with E-state index in [-0.39, 0.29) is 0 Å². The molecule has 0 spiro atoms. The molecule has 0 saturated heterocycles. The lowest BCUT2D eigenvalue weighted by atomic mass is 9.69. The molecule has 4 nitrogen and oxygen atoms in total. The maximum Gasteiger partial charge on any atom is 0.310 e. The van der Waals surface area contributed by atoms with Gasteiger partial charge in [0, 0.05) is 5.41 Å². The van der Waals surface area contributed by atoms with Crippen molar-refractivity contribution in [3.05, 3.63) is 0 Å². The molecule has 0 amide bonds. The number of hydrogen-bond donors (Lipinski definition) is 1. The third-order valence-electron chi connectivity index (χ3n) is 5.07. The van der Waals surface area contributed by atoms with Crippen LogP contribution in [0.4, 0.5) is 3.89 Å². The van der Waals surface area contributed by atoms with Gasteiger partial charge in [0.15, 0.2) is 0 Å². The second-order valence-corrected chi connectivity index (χ2v) is 7.05. The SMILES string of the molecule is O=C(O)C12CC3CC1(CS(=O)(=O)F)CC3C2. The molecule has 0 radical (unpaired) electrons. The molecule has 0 aromatic carbocycles. The fourth-order valence-electron chi connectivity index (χ4n) is 4.69. The number of aliphatic carboxylic acids is 1. The second kappa shape index (κ2) is 2.60. The third-order valence-corrected chi connectivity index (χ3v) is 5.96. The van der Waals surface area contributed by atoms with Crippen LogP contribution in [-0.2, 0) is 15.0 Å². The van der Waals surface area contributed by atoms with Crippen LogP contribution in [0.15, 0.2) is 0 Å². The van der Waals surface area contributed by atoms with Crippen molar-refractivity contribution in [2.75, 3.05) is 5.75 Å². The van der Waals surface area contributed by atoms with Crippen LogP contribution in [0.3, 0.4) is 0 Å². The summed E-state index contributed by atoms with van der Waals surface area (Å²) < 4.78 is 34.6. The van der Waals surface area contributed by atoms with Crippen LogP contribution in [0.5, 0.6) is 0 Å². The largest absolute Gasteiger partial charge is 0.481 e. The summed E-state index contributed by atoms with van der Waals surface area (Å²) in [5, 5.41) is 9.33. The minimum atomic E-state index is -4.59. The summed E-state index contributed by atoms with van der Waals surface area (Å²) in [5.74, 6) is -0.923. The molecular formula is C10H13FO4S. The molecule has 2 unspecified atom stereocenters. The molecule has 0 aliphatic heterocycles. The lowest BCUT2D eigenvalue weighted by Crippen LogP contribution is -2.43. The van der Waals surface area contributed by atoms with Gasteiger partial charge >= 0.3 is 16.2 Å². The molecule has 4 bridgehead atoms. The average Bonchev–Trinajstić information content (AvgIpc) is 2.66. The van der Waals surface area contributed by atoms with E-state index in [0.29, 0.717) is 37.5 Å². The first kappa shape index (κ1) is 10.5. The predicted octanol–water partition coefficient (Wildman–Crippen LogP) is 1.18. The van der Waals surface area contributed by atoms with E-state index in [4.69, 9.17) is 0 Å². The van der Waals surface area contributed by atoms with E-state index in [2.05, 4.69) is 0 Å². The highest BCUT2D eigenvalue weighted by atomic mass is 32.3. The predicted molar refractivity (Wildman–Crippen MR) is 52.8 cm³/mol. The molecule has 4 aliphatic carbocycles. The molecule has 2 atom stereocenters. The number of hydrogen-bond acceptors (Lipinski definition) is 3. The Hall–Kier alpha value is -0.650. The minimum absolute atomic E-state index is 0.304. The Kier molecular flexibility index (Phi) is 1.71. The molecule has 90 valence electrons. The van der Waals surface area contributed by atoms with Gasteiger partial charge in [0.05, 0.1) is 11.2 Å². The lowest BCUT2D eigenvalue weighted by Gasteiger charge is -2.35. The number of carboxylic acids is 1. The molecule has 0 aromatic rings. The van der Waals surface area contributed by atoms with E-state index >= 15 is 0 Å². The monoisotopic (exact) mass is 248 g/mol. The third kappa shape index (κ3) is 1.04. The highest BCUT2D eigenvalue weighted by Gasteiger charge is 2.75. The van der Waals surface area contributed by atoms with Gasteiger partial charge in [-0.2, -0.15) is 8.42 Å². The Morgan fingerprint density at radius 3 is 2.12 bits per heavy atom. The number of rotatable bonds is 3. The van der Waals surface area contributed by atoms with E-state index in [0.717, 1.165) is 0 Å². The number of carboxylic acid groups (broad SMARTS) is 1. The van der Waals surface area contributed by atoms with Crippen molar-refractivity contribution in [3.8, 4) is 0 Å². The van der Waals surface area contributed by atoms with Gasteiger partial charge in [-0.25, -0.2) is 0 Å². The van der Waals surface area contributed by atoms with Crippen LogP contribution < -0.4 is 0 Å². The molecular weight excluding hydrogens is 235 g/mol. The van der Waals surface area contributed by atoms with Crippen LogP contribution in [0.2, 0.25) is 0 Å². The van der Waals surface area contributed by atoms with Crippen molar-refractivity contribution in [1.29, 1.82) is 0 Å². The van der Waals surface area contributed by atoms with Crippen molar-refractivity contribution in [2.45, 2.75) is 25.7 Å². The van der Waals surface area contributed by atoms with Crippen LogP contribution >= 0.6 is 0 Å². The van der Waals surface area contributed by atoms with Crippen molar-refractivity contribution in [3.63, 3.8) is 0 Å². The van der Waals surface area contributed by atoms with Gasteiger partial charge in [-0.3, -0.25) is 4.79 Å². The fourth-order valence-corrected chi connectivity index (χ4v) is 5.86. The maximum absolute atomic E-state index is 12.9. The van der Waals surface area contributed by atoms with Gasteiger partial charge in [0.1, 0.15) is 0 Å². The second-order valence-electron chi connectivity index (χ2n) is 5.69. The van der Waals surface area contributed by atoms with E-state index in [1.54, 1.807) is 0 Å². The van der Waals surface area contributed by atoms with E-state index in [9.17, 15) is 22.2 Å². The molecule has 4 fully saturated rings. The van der Waals surface area contributed by atoms with Crippen molar-refractivity contribution in [2.24, 2.45) is 22.7 Å². The van der Waals surface area contributed by atoms with Gasteiger partial charge < -0.3 is 5.11 Å². The highest BCUT2D eigenvalue weighted by Crippen LogP contribution is 2.76. The van der Waals surface area contributed by atoms with Crippen LogP contribution in [0.1, 0.15) is 25.7 Å². The zero-order chi connectivity index (χ0) is 11.8. The summed E-state index contributed by atoms with van der Waals surface area (Å²) >= 11 is 0. The molecule has 1 N–H and O–H groups in total. The molecule has 4 saturated carbocycles. The summed E-state index contributed by atoms with van der Waals surface area (Å²) in [7, 11) is -4.59. The Labute approximate surface area is 93.0 Å². The zero-order valence-corrected chi connectivity index (χ0v) is 9.46. The van der Waals surface area contributed by atoms with Gasteiger partial charge in [-0.05, 0) is 37.5 Å². The zero-order valence-electron chi connectivity index (χ0n) is 8.65. The topological polar surface area (TPSA) is 71.4 Å². The van der Waals surface area contributed by atoms with Crippen LogP contribution in [0, 0.1) is 22.7 Å². The minimum Gasteiger partial charge on any atom is -0.481 e. The molecule has 4 aliphatic rings. The summed E-state index contributed by atoms with van der Waals surface area (Å²) in [6.45, 7) is 0. The number of halogens is 1. The molecule has 0 aromatic heterocycles. The quantitative estimate of drug-likeness (QED) is 0.761. The normalized spacial score (nSPS) is 49.1. The Morgan fingerprint density at radius 2 is 1.75 bits per heavy atom. The molecule has 4 rings (SSSR count). The van der Waals surface area contributed by atoms with E-state index < -0.39 is 32.8 Å². The maximum atomic E-state index is 12.9. The van der Waals surface area contributed by atoms with E-state index in [1.165, 1.54) is 0 Å². The van der Waals surface area contributed by atoms with E-state index in [1.807, 2.05) is 0 Å². The molecule has 0 heterocycles. The van der Waals surface area contributed by atoms with Gasteiger partial charge in [0.25, 0.3) is 0 Å². The van der Waals surface area contributed by atoms with Crippen molar-refractivity contribution < 1.29 is 22.2 Å². The van der Waals surface area contributed by atoms with Crippen molar-refractivity contribution in [1.82, 2.24) is 0 Å². The van der Waals surface area contributed by atoms with Crippen LogP contribution in [-0.4, -0.2) is 25.2 Å². The first-order valence-electron chi connectivity index (χ1n) is 5.44. The van der Waals surface area contributed by atoms with Crippen LogP contribution in [0.25, 0.3) is 0 Å².